The number of nitrogens with zero attached hydrogens (tertiary/aromatic N) is 1. The van der Waals surface area contributed by atoms with Gasteiger partial charge in [-0.15, -0.1) is 12.6 Å². The fourth-order valence-electron chi connectivity index (χ4n) is 2.57. The molecule has 2 rings (SSSR count). The fourth-order valence-corrected chi connectivity index (χ4v) is 2.92. The highest BCUT2D eigenvalue weighted by molar-refractivity contribution is 7.84. The molecule has 0 radical (unpaired) electrons. The number of nitrogens with one attached hydrogen (secondary N) is 1. The van der Waals surface area contributed by atoms with E-state index in [9.17, 15) is 14.9 Å². The highest BCUT2D eigenvalue weighted by Crippen LogP contribution is 2.39. The summed E-state index contributed by atoms with van der Waals surface area (Å²) in [5, 5.41) is 12.8. The lowest BCUT2D eigenvalue weighted by molar-refractivity contribution is -0.136. The molecule has 0 spiro atoms. The van der Waals surface area contributed by atoms with Crippen LogP contribution in [0.25, 0.3) is 0 Å². The topological polar surface area (TPSA) is 88.4 Å². The average molecular weight is 344 g/mol. The predicted octanol–water partition coefficient (Wildman–Crippen LogP) is 2.27. The number of hydrogen-bond acceptors (Lipinski definition) is 7. The summed E-state index contributed by atoms with van der Waals surface area (Å²) >= 11 is 4.30. The molecule has 1 aliphatic heterocycles. The second kappa shape index (κ2) is 7.23. The summed E-state index contributed by atoms with van der Waals surface area (Å²) < 4.78 is 9.52. The zero-order chi connectivity index (χ0) is 17.9. The van der Waals surface area contributed by atoms with Gasteiger partial charge in [-0.2, -0.15) is 5.26 Å². The Kier molecular flexibility index (Phi) is 5.31. The lowest BCUT2D eigenvalue weighted by atomic mass is 9.82. The van der Waals surface area contributed by atoms with Gasteiger partial charge < -0.3 is 14.8 Å². The van der Waals surface area contributed by atoms with E-state index >= 15 is 0 Å². The summed E-state index contributed by atoms with van der Waals surface area (Å²) in [5.74, 6) is -1.61. The lowest BCUT2D eigenvalue weighted by Gasteiger charge is -2.27. The summed E-state index contributed by atoms with van der Waals surface area (Å²) in [6, 6.07) is 8.61. The largest absolute Gasteiger partial charge is 0.466 e. The van der Waals surface area contributed by atoms with Crippen LogP contribution in [0.1, 0.15) is 28.8 Å². The molecule has 0 saturated heterocycles. The maximum atomic E-state index is 12.2. The summed E-state index contributed by atoms with van der Waals surface area (Å²) in [7, 11) is 2.58. The van der Waals surface area contributed by atoms with Gasteiger partial charge in [0.05, 0.1) is 47.9 Å². The molecule has 0 fully saturated rings. The number of nitriles is 1. The van der Waals surface area contributed by atoms with Crippen molar-refractivity contribution >= 4 is 24.6 Å². The molecule has 1 atom stereocenters. The summed E-state index contributed by atoms with van der Waals surface area (Å²) in [5.41, 5.74) is 2.25. The molecule has 1 heterocycles. The van der Waals surface area contributed by atoms with Crippen molar-refractivity contribution in [2.45, 2.75) is 12.8 Å². The third-order valence-electron chi connectivity index (χ3n) is 3.73. The number of thiol groups is 1. The molecule has 0 amide bonds. The van der Waals surface area contributed by atoms with Crippen molar-refractivity contribution < 1.29 is 19.1 Å². The summed E-state index contributed by atoms with van der Waals surface area (Å²) in [4.78, 5) is 23.8. The van der Waals surface area contributed by atoms with Crippen LogP contribution in [0, 0.1) is 11.3 Å². The van der Waals surface area contributed by atoms with Gasteiger partial charge in [0.1, 0.15) is 0 Å². The Morgan fingerprint density at radius 1 is 1.17 bits per heavy atom. The predicted molar refractivity (Wildman–Crippen MR) is 90.0 cm³/mol. The fraction of sp³-hybridized carbons (Fsp3) is 0.235. The van der Waals surface area contributed by atoms with Gasteiger partial charge in [0.2, 0.25) is 0 Å². The quantitative estimate of drug-likeness (QED) is 0.646. The molecular formula is C17H16N2O4S. The Balaban J connectivity index is 2.56. The van der Waals surface area contributed by atoms with E-state index in [0.717, 1.165) is 0 Å². The van der Waals surface area contributed by atoms with Crippen molar-refractivity contribution in [3.05, 3.63) is 57.3 Å². The van der Waals surface area contributed by atoms with Crippen molar-refractivity contribution in [3.63, 3.8) is 0 Å². The van der Waals surface area contributed by atoms with E-state index in [1.165, 1.54) is 14.2 Å². The van der Waals surface area contributed by atoms with Crippen LogP contribution in [0.2, 0.25) is 0 Å². The zero-order valence-electron chi connectivity index (χ0n) is 13.4. The van der Waals surface area contributed by atoms with Gasteiger partial charge in [-0.05, 0) is 24.6 Å². The van der Waals surface area contributed by atoms with Gasteiger partial charge in [-0.25, -0.2) is 9.59 Å². The van der Waals surface area contributed by atoms with Gasteiger partial charge in [-0.1, -0.05) is 12.1 Å². The normalized spacial score (nSPS) is 17.0. The van der Waals surface area contributed by atoms with Crippen molar-refractivity contribution in [1.82, 2.24) is 5.32 Å². The molecule has 7 heteroatoms. The van der Waals surface area contributed by atoms with Crippen LogP contribution >= 0.6 is 12.6 Å². The number of ether oxygens (including phenoxy) is 2. The number of methoxy groups -OCH3 is 2. The number of rotatable bonds is 3. The molecule has 24 heavy (non-hydrogen) atoms. The monoisotopic (exact) mass is 344 g/mol. The third-order valence-corrected chi connectivity index (χ3v) is 4.09. The molecule has 0 saturated carbocycles. The first-order chi connectivity index (χ1) is 11.4. The maximum absolute atomic E-state index is 12.2. The Labute approximate surface area is 145 Å². The van der Waals surface area contributed by atoms with Crippen LogP contribution in [-0.4, -0.2) is 26.2 Å². The van der Waals surface area contributed by atoms with Crippen molar-refractivity contribution in [2.24, 2.45) is 0 Å². The van der Waals surface area contributed by atoms with Crippen molar-refractivity contribution in [1.29, 1.82) is 5.26 Å². The molecule has 6 nitrogen and oxygen atoms in total. The average Bonchev–Trinajstić information content (AvgIpc) is 2.60. The van der Waals surface area contributed by atoms with Gasteiger partial charge in [0.25, 0.3) is 0 Å². The van der Waals surface area contributed by atoms with Crippen LogP contribution in [0.5, 0.6) is 0 Å². The van der Waals surface area contributed by atoms with Crippen LogP contribution < -0.4 is 5.32 Å². The van der Waals surface area contributed by atoms with Crippen LogP contribution in [0.3, 0.4) is 0 Å². The van der Waals surface area contributed by atoms with E-state index in [-0.39, 0.29) is 0 Å². The second-order valence-corrected chi connectivity index (χ2v) is 5.52. The smallest absolute Gasteiger partial charge is 0.337 e. The zero-order valence-corrected chi connectivity index (χ0v) is 14.3. The molecule has 1 aromatic carbocycles. The Hall–Kier alpha value is -2.72. The molecule has 1 aliphatic rings. The van der Waals surface area contributed by atoms with Crippen molar-refractivity contribution in [2.75, 3.05) is 14.2 Å². The first-order valence-corrected chi connectivity index (χ1v) is 7.46. The molecule has 0 aliphatic carbocycles. The van der Waals surface area contributed by atoms with Crippen molar-refractivity contribution in [3.8, 4) is 6.07 Å². The van der Waals surface area contributed by atoms with E-state index in [0.29, 0.717) is 33.0 Å². The van der Waals surface area contributed by atoms with Gasteiger partial charge in [0, 0.05) is 5.70 Å². The van der Waals surface area contributed by atoms with E-state index in [2.05, 4.69) is 28.8 Å². The molecule has 0 unspecified atom stereocenters. The van der Waals surface area contributed by atoms with Gasteiger partial charge in [-0.3, -0.25) is 0 Å². The molecule has 0 aromatic heterocycles. The van der Waals surface area contributed by atoms with Crippen LogP contribution in [0.4, 0.5) is 0 Å². The number of esters is 2. The van der Waals surface area contributed by atoms with E-state index < -0.39 is 17.9 Å². The lowest BCUT2D eigenvalue weighted by Crippen LogP contribution is -2.27. The Morgan fingerprint density at radius 2 is 1.75 bits per heavy atom. The third kappa shape index (κ3) is 3.14. The Morgan fingerprint density at radius 3 is 2.25 bits per heavy atom. The maximum Gasteiger partial charge on any atom is 0.337 e. The van der Waals surface area contributed by atoms with Gasteiger partial charge >= 0.3 is 11.9 Å². The summed E-state index contributed by atoms with van der Waals surface area (Å²) in [6.45, 7) is 1.71. The number of allylic oxidation sites excluding steroid dienone is 2. The first-order valence-electron chi connectivity index (χ1n) is 7.02. The number of hydrogen-bond donors (Lipinski definition) is 2. The van der Waals surface area contributed by atoms with Gasteiger partial charge in [0.15, 0.2) is 0 Å². The second-order valence-electron chi connectivity index (χ2n) is 5.08. The minimum absolute atomic E-state index is 0.301. The van der Waals surface area contributed by atoms with E-state index in [4.69, 9.17) is 4.74 Å². The number of carbonyl (C=O) groups is 2. The molecule has 124 valence electrons. The molecular weight excluding hydrogens is 328 g/mol. The number of carbonyl (C=O) groups excluding carboxylic acids is 2. The highest BCUT2D eigenvalue weighted by atomic mass is 32.1. The van der Waals surface area contributed by atoms with Crippen LogP contribution in [0.15, 0.2) is 46.1 Å². The summed E-state index contributed by atoms with van der Waals surface area (Å²) in [6.07, 6.45) is 0. The minimum atomic E-state index is -0.622. The Bertz CT molecular complexity index is 788. The minimum Gasteiger partial charge on any atom is -0.466 e. The number of benzene rings is 1. The first kappa shape index (κ1) is 17.6. The number of dihydropyridines is 1. The SMILES string of the molecule is COC(=O)C1=C(C)NC(S)=C(C#N)[C@H]1c1ccc(C(=O)OC)cc1. The molecule has 1 aromatic rings. The standard InChI is InChI=1S/C17H16N2O4S/c1-9-13(17(21)23-3)14(12(8-18)15(24)19-9)10-4-6-11(7-5-10)16(20)22-2/h4-7,14,19,24H,1-3H3/t14-/m1/s1. The van der Waals surface area contributed by atoms with E-state index in [1.54, 1.807) is 31.2 Å². The van der Waals surface area contributed by atoms with Crippen LogP contribution in [-0.2, 0) is 14.3 Å². The molecule has 1 N–H and O–H groups in total. The highest BCUT2D eigenvalue weighted by Gasteiger charge is 2.34. The molecule has 0 bridgehead atoms. The van der Waals surface area contributed by atoms with E-state index in [1.807, 2.05) is 0 Å².